The first-order valence-corrected chi connectivity index (χ1v) is 9.91. The van der Waals surface area contributed by atoms with E-state index in [2.05, 4.69) is 22.5 Å². The zero-order chi connectivity index (χ0) is 21.3. The number of hydrogen-bond donors (Lipinski definition) is 1. The van der Waals surface area contributed by atoms with Gasteiger partial charge in [-0.1, -0.05) is 37.3 Å². The van der Waals surface area contributed by atoms with E-state index in [1.165, 1.54) is 42.0 Å². The molecule has 1 amide bonds. The number of nitrogens with zero attached hydrogens (tertiary/aromatic N) is 2. The second-order valence-corrected chi connectivity index (χ2v) is 6.79. The van der Waals surface area contributed by atoms with Crippen molar-refractivity contribution in [3.05, 3.63) is 88.5 Å². The number of halogens is 1. The molecular weight excluding hydrogens is 385 g/mol. The van der Waals surface area contributed by atoms with Crippen molar-refractivity contribution >= 4 is 5.91 Å². The number of ether oxygens (including phenoxy) is 1. The first-order valence-electron chi connectivity index (χ1n) is 9.91. The summed E-state index contributed by atoms with van der Waals surface area (Å²) in [6, 6.07) is 18.2. The Bertz CT molecular complexity index is 1020. The molecule has 30 heavy (non-hydrogen) atoms. The molecule has 1 N–H and O–H groups in total. The second kappa shape index (κ2) is 10.3. The number of benzene rings is 2. The number of aromatic nitrogens is 2. The minimum atomic E-state index is -0.728. The van der Waals surface area contributed by atoms with Crippen LogP contribution in [-0.4, -0.2) is 28.3 Å². The predicted molar refractivity (Wildman–Crippen MR) is 112 cm³/mol. The summed E-state index contributed by atoms with van der Waals surface area (Å²) in [7, 11) is 0. The Kier molecular flexibility index (Phi) is 7.32. The lowest BCUT2D eigenvalue weighted by Crippen LogP contribution is -2.39. The number of hydrogen-bond acceptors (Lipinski definition) is 4. The van der Waals surface area contributed by atoms with Crippen LogP contribution in [0.4, 0.5) is 4.39 Å². The fourth-order valence-electron chi connectivity index (χ4n) is 2.96. The summed E-state index contributed by atoms with van der Waals surface area (Å²) in [6.45, 7) is 2.38. The van der Waals surface area contributed by atoms with Crippen molar-refractivity contribution in [1.82, 2.24) is 15.1 Å². The Balaban J connectivity index is 1.59. The van der Waals surface area contributed by atoms with Gasteiger partial charge >= 0.3 is 0 Å². The largest absolute Gasteiger partial charge is 0.463 e. The summed E-state index contributed by atoms with van der Waals surface area (Å²) >= 11 is 0. The van der Waals surface area contributed by atoms with Crippen LogP contribution < -0.4 is 15.6 Å². The zero-order valence-electron chi connectivity index (χ0n) is 16.8. The van der Waals surface area contributed by atoms with Gasteiger partial charge in [-0.25, -0.2) is 4.39 Å². The van der Waals surface area contributed by atoms with Crippen LogP contribution in [0.15, 0.2) is 71.5 Å². The number of carbonyl (C=O) groups is 1. The van der Waals surface area contributed by atoms with Crippen molar-refractivity contribution < 1.29 is 13.9 Å². The highest BCUT2D eigenvalue weighted by atomic mass is 19.1. The van der Waals surface area contributed by atoms with Gasteiger partial charge in [0.25, 0.3) is 11.5 Å². The van der Waals surface area contributed by atoms with E-state index in [1.54, 1.807) is 0 Å². The van der Waals surface area contributed by atoms with Crippen molar-refractivity contribution in [2.24, 2.45) is 0 Å². The van der Waals surface area contributed by atoms with Crippen molar-refractivity contribution in [3.8, 4) is 11.6 Å². The molecule has 156 valence electrons. The van der Waals surface area contributed by atoms with E-state index >= 15 is 0 Å². The normalized spacial score (nSPS) is 11.7. The van der Waals surface area contributed by atoms with Crippen LogP contribution in [0.1, 0.15) is 25.3 Å². The summed E-state index contributed by atoms with van der Waals surface area (Å²) in [5, 5.41) is 7.04. The van der Waals surface area contributed by atoms with Gasteiger partial charge in [0.15, 0.2) is 6.10 Å². The average molecular weight is 409 g/mol. The van der Waals surface area contributed by atoms with Gasteiger partial charge in [0.05, 0.1) is 5.69 Å². The molecule has 7 heteroatoms. The van der Waals surface area contributed by atoms with E-state index in [0.29, 0.717) is 18.7 Å². The number of aryl methyl sites for hydroxylation is 1. The Morgan fingerprint density at radius 3 is 2.53 bits per heavy atom. The molecule has 0 aliphatic carbocycles. The molecule has 0 unspecified atom stereocenters. The predicted octanol–water partition coefficient (Wildman–Crippen LogP) is 3.28. The molecule has 0 aliphatic heterocycles. The highest BCUT2D eigenvalue weighted by molar-refractivity contribution is 5.80. The molecule has 6 nitrogen and oxygen atoms in total. The van der Waals surface area contributed by atoms with Crippen molar-refractivity contribution in [3.63, 3.8) is 0 Å². The van der Waals surface area contributed by atoms with Gasteiger partial charge in [-0.15, -0.1) is 5.10 Å². The molecule has 3 aromatic rings. The number of carbonyl (C=O) groups excluding carboxylic acids is 1. The maximum absolute atomic E-state index is 13.1. The van der Waals surface area contributed by atoms with Crippen LogP contribution in [0.2, 0.25) is 0 Å². The van der Waals surface area contributed by atoms with E-state index in [9.17, 15) is 14.0 Å². The van der Waals surface area contributed by atoms with Gasteiger partial charge in [0.2, 0.25) is 5.88 Å². The molecule has 0 saturated heterocycles. The van der Waals surface area contributed by atoms with Crippen LogP contribution in [0.5, 0.6) is 5.88 Å². The SMILES string of the molecule is CC[C@@H](Oc1ccc(=O)n(-c2ccc(F)cc2)n1)C(=O)NCCCc1ccccc1. The fourth-order valence-corrected chi connectivity index (χ4v) is 2.96. The van der Waals surface area contributed by atoms with Crippen molar-refractivity contribution in [1.29, 1.82) is 0 Å². The Morgan fingerprint density at radius 1 is 1.10 bits per heavy atom. The quantitative estimate of drug-likeness (QED) is 0.551. The van der Waals surface area contributed by atoms with Gasteiger partial charge in [-0.05, 0) is 49.1 Å². The van der Waals surface area contributed by atoms with Crippen LogP contribution in [0.25, 0.3) is 5.69 Å². The standard InChI is InChI=1S/C23H24FN3O3/c1-2-20(23(29)25-16-6-9-17-7-4-3-5-8-17)30-21-14-15-22(28)27(26-21)19-12-10-18(24)11-13-19/h3-5,7-8,10-15,20H,2,6,9,16H2,1H3,(H,25,29)/t20-/m1/s1. The highest BCUT2D eigenvalue weighted by Gasteiger charge is 2.19. The van der Waals surface area contributed by atoms with Crippen molar-refractivity contribution in [2.45, 2.75) is 32.3 Å². The van der Waals surface area contributed by atoms with E-state index in [4.69, 9.17) is 4.74 Å². The van der Waals surface area contributed by atoms with Gasteiger partial charge in [0.1, 0.15) is 5.82 Å². The lowest BCUT2D eigenvalue weighted by molar-refractivity contribution is -0.128. The monoisotopic (exact) mass is 409 g/mol. The van der Waals surface area contributed by atoms with Crippen LogP contribution in [0, 0.1) is 5.82 Å². The molecule has 0 spiro atoms. The van der Waals surface area contributed by atoms with Gasteiger partial charge in [-0.2, -0.15) is 4.68 Å². The molecular formula is C23H24FN3O3. The Hall–Kier alpha value is -3.48. The smallest absolute Gasteiger partial charge is 0.271 e. The molecule has 0 fully saturated rings. The van der Waals surface area contributed by atoms with E-state index in [0.717, 1.165) is 17.5 Å². The molecule has 1 heterocycles. The third kappa shape index (κ3) is 5.76. The van der Waals surface area contributed by atoms with E-state index < -0.39 is 11.9 Å². The van der Waals surface area contributed by atoms with Crippen molar-refractivity contribution in [2.75, 3.05) is 6.54 Å². The van der Waals surface area contributed by atoms with E-state index in [1.807, 2.05) is 25.1 Å². The topological polar surface area (TPSA) is 73.2 Å². The molecule has 0 radical (unpaired) electrons. The third-order valence-corrected chi connectivity index (χ3v) is 4.56. The van der Waals surface area contributed by atoms with Gasteiger partial charge in [-0.3, -0.25) is 9.59 Å². The summed E-state index contributed by atoms with van der Waals surface area (Å²) in [6.07, 6.45) is 1.42. The zero-order valence-corrected chi connectivity index (χ0v) is 16.8. The van der Waals surface area contributed by atoms with Crippen LogP contribution in [0.3, 0.4) is 0 Å². The molecule has 0 saturated carbocycles. The first kappa shape index (κ1) is 21.2. The minimum Gasteiger partial charge on any atom is -0.463 e. The third-order valence-electron chi connectivity index (χ3n) is 4.56. The Morgan fingerprint density at radius 2 is 1.83 bits per heavy atom. The summed E-state index contributed by atoms with van der Waals surface area (Å²) < 4.78 is 20.0. The maximum atomic E-state index is 13.1. The average Bonchev–Trinajstić information content (AvgIpc) is 2.77. The number of amides is 1. The second-order valence-electron chi connectivity index (χ2n) is 6.79. The lowest BCUT2D eigenvalue weighted by atomic mass is 10.1. The number of nitrogens with one attached hydrogen (secondary N) is 1. The maximum Gasteiger partial charge on any atom is 0.271 e. The van der Waals surface area contributed by atoms with Gasteiger partial charge in [0, 0.05) is 18.7 Å². The first-order chi connectivity index (χ1) is 14.6. The molecule has 0 bridgehead atoms. The summed E-state index contributed by atoms with van der Waals surface area (Å²) in [5.74, 6) is -0.494. The fraction of sp³-hybridized carbons (Fsp3) is 0.261. The molecule has 2 aromatic carbocycles. The molecule has 3 rings (SSSR count). The minimum absolute atomic E-state index is 0.144. The number of rotatable bonds is 9. The summed E-state index contributed by atoms with van der Waals surface area (Å²) in [5.41, 5.74) is 1.25. The molecule has 1 aromatic heterocycles. The highest BCUT2D eigenvalue weighted by Crippen LogP contribution is 2.11. The molecule has 1 atom stereocenters. The van der Waals surface area contributed by atoms with Crippen LogP contribution in [-0.2, 0) is 11.2 Å². The Labute approximate surface area is 174 Å². The van der Waals surface area contributed by atoms with E-state index in [-0.39, 0.29) is 17.3 Å². The van der Waals surface area contributed by atoms with Crippen LogP contribution >= 0.6 is 0 Å². The summed E-state index contributed by atoms with van der Waals surface area (Å²) in [4.78, 5) is 24.6. The lowest BCUT2D eigenvalue weighted by Gasteiger charge is -2.17. The molecule has 0 aliphatic rings. The van der Waals surface area contributed by atoms with Gasteiger partial charge < -0.3 is 10.1 Å².